The van der Waals surface area contributed by atoms with E-state index in [-0.39, 0.29) is 24.4 Å². The van der Waals surface area contributed by atoms with Crippen LogP contribution in [0.2, 0.25) is 0 Å². The molecule has 26 heavy (non-hydrogen) atoms. The van der Waals surface area contributed by atoms with Crippen molar-refractivity contribution < 1.29 is 9.90 Å². The zero-order valence-corrected chi connectivity index (χ0v) is 16.2. The number of aliphatic hydroxyl groups is 1. The Kier molecular flexibility index (Phi) is 5.16. The van der Waals surface area contributed by atoms with Gasteiger partial charge in [0.05, 0.1) is 28.2 Å². The summed E-state index contributed by atoms with van der Waals surface area (Å²) in [4.78, 5) is 22.7. The zero-order valence-electron chi connectivity index (χ0n) is 14.5. The van der Waals surface area contributed by atoms with Gasteiger partial charge < -0.3 is 15.7 Å². The van der Waals surface area contributed by atoms with Crippen molar-refractivity contribution in [2.45, 2.75) is 38.0 Å². The number of halogens is 1. The third kappa shape index (κ3) is 3.16. The Morgan fingerprint density at radius 3 is 2.62 bits per heavy atom. The number of aliphatic hydroxyl groups excluding tert-OH is 1. The molecule has 0 aliphatic carbocycles. The van der Waals surface area contributed by atoms with Crippen molar-refractivity contribution in [2.75, 3.05) is 6.54 Å². The van der Waals surface area contributed by atoms with Crippen LogP contribution in [0, 0.1) is 6.92 Å². The number of rotatable bonds is 3. The largest absolute Gasteiger partial charge is 0.392 e. The Morgan fingerprint density at radius 2 is 2.04 bits per heavy atom. The van der Waals surface area contributed by atoms with Crippen molar-refractivity contribution >= 4 is 35.5 Å². The highest BCUT2D eigenvalue weighted by Gasteiger charge is 2.43. The van der Waals surface area contributed by atoms with Crippen LogP contribution in [-0.2, 0) is 10.3 Å². The van der Waals surface area contributed by atoms with Gasteiger partial charge in [0.25, 0.3) is 5.91 Å². The fraction of sp³-hybridized carbons (Fsp3) is 0.389. The lowest BCUT2D eigenvalue weighted by Crippen LogP contribution is -2.41. The summed E-state index contributed by atoms with van der Waals surface area (Å²) in [6.07, 6.45) is 0.178. The van der Waals surface area contributed by atoms with E-state index < -0.39 is 11.6 Å². The monoisotopic (exact) mass is 392 g/mol. The van der Waals surface area contributed by atoms with E-state index in [9.17, 15) is 9.90 Å². The number of carbonyl (C=O) groups is 1. The maximum atomic E-state index is 12.6. The molecule has 1 saturated heterocycles. The molecular weight excluding hydrogens is 372 g/mol. The van der Waals surface area contributed by atoms with Crippen LogP contribution in [0.5, 0.6) is 0 Å². The number of aliphatic imine (C=N–C) groups is 1. The Balaban J connectivity index is 0.00000196. The van der Waals surface area contributed by atoms with Gasteiger partial charge in [0.1, 0.15) is 5.84 Å². The second-order valence-corrected chi connectivity index (χ2v) is 7.57. The molecule has 0 bridgehead atoms. The lowest BCUT2D eigenvalue weighted by atomic mass is 9.91. The number of hydrogen-bond acceptors (Lipinski definition) is 6. The summed E-state index contributed by atoms with van der Waals surface area (Å²) in [6, 6.07) is 7.84. The highest BCUT2D eigenvalue weighted by Crippen LogP contribution is 2.33. The summed E-state index contributed by atoms with van der Waals surface area (Å²) < 4.78 is 0. The number of aromatic nitrogens is 1. The summed E-state index contributed by atoms with van der Waals surface area (Å²) in [7, 11) is 0. The molecule has 1 unspecified atom stereocenters. The fourth-order valence-corrected chi connectivity index (χ4v) is 4.18. The molecule has 4 rings (SSSR count). The van der Waals surface area contributed by atoms with E-state index in [1.54, 1.807) is 11.3 Å². The van der Waals surface area contributed by atoms with Gasteiger partial charge in [-0.25, -0.2) is 9.98 Å². The second-order valence-electron chi connectivity index (χ2n) is 6.72. The Bertz CT molecular complexity index is 851. The van der Waals surface area contributed by atoms with Gasteiger partial charge in [-0.3, -0.25) is 4.79 Å². The number of aryl methyl sites for hydroxylation is 1. The maximum Gasteiger partial charge on any atom is 0.257 e. The molecule has 2 aliphatic rings. The van der Waals surface area contributed by atoms with Crippen molar-refractivity contribution in [2.24, 2.45) is 4.99 Å². The van der Waals surface area contributed by atoms with Crippen molar-refractivity contribution in [3.8, 4) is 10.4 Å². The summed E-state index contributed by atoms with van der Waals surface area (Å²) in [5.41, 5.74) is 3.85. The first-order valence-corrected chi connectivity index (χ1v) is 9.19. The van der Waals surface area contributed by atoms with Crippen LogP contribution >= 0.6 is 23.7 Å². The molecule has 1 aromatic heterocycles. The van der Waals surface area contributed by atoms with Gasteiger partial charge >= 0.3 is 0 Å². The van der Waals surface area contributed by atoms with Gasteiger partial charge in [0.2, 0.25) is 0 Å². The van der Waals surface area contributed by atoms with E-state index in [1.165, 1.54) is 0 Å². The van der Waals surface area contributed by atoms with Gasteiger partial charge in [0, 0.05) is 6.54 Å². The summed E-state index contributed by atoms with van der Waals surface area (Å²) in [6.45, 7) is 4.35. The Morgan fingerprint density at radius 1 is 1.31 bits per heavy atom. The van der Waals surface area contributed by atoms with Crippen LogP contribution in [0.15, 0.2) is 34.8 Å². The number of hydrogen-bond donors (Lipinski definition) is 3. The number of amides is 1. The minimum Gasteiger partial charge on any atom is -0.392 e. The fourth-order valence-electron chi connectivity index (χ4n) is 3.37. The molecular formula is C18H21ClN4O2S. The van der Waals surface area contributed by atoms with Crippen molar-refractivity contribution in [3.63, 3.8) is 0 Å². The average Bonchev–Trinajstić information content (AvgIpc) is 3.29. The number of β-amino-alcohol motifs (C(OH)–C–C–N with tert-alkyl or cyclic N) is 1. The van der Waals surface area contributed by atoms with Gasteiger partial charge in [-0.15, -0.1) is 23.7 Å². The van der Waals surface area contributed by atoms with Crippen LogP contribution < -0.4 is 10.6 Å². The van der Waals surface area contributed by atoms with E-state index in [2.05, 4.69) is 20.6 Å². The van der Waals surface area contributed by atoms with Gasteiger partial charge in [0.15, 0.2) is 5.54 Å². The van der Waals surface area contributed by atoms with E-state index in [1.807, 2.05) is 43.6 Å². The first-order chi connectivity index (χ1) is 12.0. The molecule has 0 saturated carbocycles. The first kappa shape index (κ1) is 19.0. The van der Waals surface area contributed by atoms with E-state index >= 15 is 0 Å². The van der Waals surface area contributed by atoms with Crippen LogP contribution in [0.25, 0.3) is 10.4 Å². The third-order valence-corrected chi connectivity index (χ3v) is 5.90. The molecule has 1 aromatic carbocycles. The Hall–Kier alpha value is -1.80. The van der Waals surface area contributed by atoms with Crippen LogP contribution in [-0.4, -0.2) is 40.5 Å². The molecule has 3 heterocycles. The maximum absolute atomic E-state index is 12.6. The quantitative estimate of drug-likeness (QED) is 0.745. The number of carbonyl (C=O) groups excluding carboxylic acids is 1. The van der Waals surface area contributed by atoms with E-state index in [4.69, 9.17) is 0 Å². The molecule has 6 nitrogen and oxygen atoms in total. The normalized spacial score (nSPS) is 27.8. The van der Waals surface area contributed by atoms with Crippen LogP contribution in [0.1, 0.15) is 24.6 Å². The summed E-state index contributed by atoms with van der Waals surface area (Å²) in [5, 5.41) is 15.8. The zero-order chi connectivity index (χ0) is 17.6. The molecule has 0 radical (unpaired) electrons. The van der Waals surface area contributed by atoms with Crippen LogP contribution in [0.3, 0.4) is 0 Å². The lowest BCUT2D eigenvalue weighted by molar-refractivity contribution is -0.123. The molecule has 1 fully saturated rings. The van der Waals surface area contributed by atoms with Crippen molar-refractivity contribution in [1.82, 2.24) is 15.6 Å². The predicted molar refractivity (Wildman–Crippen MR) is 105 cm³/mol. The number of benzene rings is 1. The molecule has 1 amide bonds. The summed E-state index contributed by atoms with van der Waals surface area (Å²) in [5.74, 6) is 0.485. The predicted octanol–water partition coefficient (Wildman–Crippen LogP) is 2.01. The Labute approximate surface area is 162 Å². The number of nitrogens with one attached hydrogen (secondary N) is 2. The average molecular weight is 393 g/mol. The van der Waals surface area contributed by atoms with E-state index in [0.29, 0.717) is 18.8 Å². The first-order valence-electron chi connectivity index (χ1n) is 8.31. The minimum atomic E-state index is -0.939. The topological polar surface area (TPSA) is 86.6 Å². The standard InChI is InChI=1S/C18H20N4O2S.ClH/c1-10-15(25-9-20-10)11-3-5-12(6-4-11)18(2)17(24)21-16(22-18)14-7-13(23)8-19-14;/h3-6,9,13-14,19,23H,7-8H2,1-2H3,(H,21,22,24);1H/t13-,14?,18-;/m1./s1. The highest BCUT2D eigenvalue weighted by molar-refractivity contribution is 7.13. The highest BCUT2D eigenvalue weighted by atomic mass is 35.5. The van der Waals surface area contributed by atoms with Crippen LogP contribution in [0.4, 0.5) is 0 Å². The van der Waals surface area contributed by atoms with Crippen molar-refractivity contribution in [3.05, 3.63) is 41.0 Å². The third-order valence-electron chi connectivity index (χ3n) is 4.92. The molecule has 138 valence electrons. The molecule has 8 heteroatoms. The minimum absolute atomic E-state index is 0. The number of nitrogens with zero attached hydrogens (tertiary/aromatic N) is 2. The van der Waals surface area contributed by atoms with E-state index in [0.717, 1.165) is 21.7 Å². The van der Waals surface area contributed by atoms with Gasteiger partial charge in [-0.1, -0.05) is 24.3 Å². The SMILES string of the molecule is Cc1ncsc1-c1ccc([C@@]2(C)N=C(C3C[C@@H](O)CN3)NC2=O)cc1.Cl. The lowest BCUT2D eigenvalue weighted by Gasteiger charge is -2.18. The summed E-state index contributed by atoms with van der Waals surface area (Å²) >= 11 is 1.61. The number of amidine groups is 1. The van der Waals surface area contributed by atoms with Crippen molar-refractivity contribution in [1.29, 1.82) is 0 Å². The molecule has 2 aromatic rings. The second kappa shape index (κ2) is 7.08. The molecule has 3 N–H and O–H groups in total. The molecule has 0 spiro atoms. The van der Waals surface area contributed by atoms with Gasteiger partial charge in [-0.05, 0) is 31.4 Å². The van der Waals surface area contributed by atoms with Gasteiger partial charge in [-0.2, -0.15) is 0 Å². The molecule has 3 atom stereocenters. The smallest absolute Gasteiger partial charge is 0.257 e. The molecule has 2 aliphatic heterocycles. The number of thiazole rings is 1.